The molecule has 0 bridgehead atoms. The lowest BCUT2D eigenvalue weighted by molar-refractivity contribution is 0.514. The largest absolute Gasteiger partial charge is 0.404 e. The van der Waals surface area contributed by atoms with Gasteiger partial charge in [-0.25, -0.2) is 4.98 Å². The topological polar surface area (TPSA) is 134 Å². The second-order valence-electron chi connectivity index (χ2n) is 6.25. The molecule has 1 aliphatic rings. The van der Waals surface area contributed by atoms with Crippen LogP contribution in [0, 0.1) is 10.3 Å². The number of aliphatic imine (C=N–C) groups is 1. The number of anilines is 2. The van der Waals surface area contributed by atoms with E-state index in [9.17, 15) is 4.91 Å². The molecule has 8 nitrogen and oxygen atoms in total. The van der Waals surface area contributed by atoms with Gasteiger partial charge < -0.3 is 16.4 Å². The van der Waals surface area contributed by atoms with E-state index < -0.39 is 0 Å². The van der Waals surface area contributed by atoms with E-state index in [1.807, 2.05) is 23.1 Å². The van der Waals surface area contributed by atoms with Crippen LogP contribution in [0.2, 0.25) is 0 Å². The van der Waals surface area contributed by atoms with Crippen LogP contribution in [0.25, 0.3) is 5.57 Å². The van der Waals surface area contributed by atoms with Crippen molar-refractivity contribution in [3.63, 3.8) is 0 Å². The van der Waals surface area contributed by atoms with E-state index in [-0.39, 0.29) is 11.8 Å². The Bertz CT molecular complexity index is 929. The molecule has 0 spiro atoms. The zero-order valence-electron chi connectivity index (χ0n) is 15.0. The summed E-state index contributed by atoms with van der Waals surface area (Å²) in [5.41, 5.74) is 15.4. The van der Waals surface area contributed by atoms with Crippen molar-refractivity contribution in [3.8, 4) is 0 Å². The molecule has 1 aromatic carbocycles. The van der Waals surface area contributed by atoms with Gasteiger partial charge in [0.2, 0.25) is 0 Å². The number of hydrogen-bond acceptors (Lipinski definition) is 8. The maximum atomic E-state index is 10.6. The number of nitrogens with zero attached hydrogens (tertiary/aromatic N) is 4. The van der Waals surface area contributed by atoms with Gasteiger partial charge in [-0.3, -0.25) is 10.4 Å². The Morgan fingerprint density at radius 2 is 2.07 bits per heavy atom. The van der Waals surface area contributed by atoms with Gasteiger partial charge in [0.25, 0.3) is 0 Å². The Morgan fingerprint density at radius 1 is 1.30 bits per heavy atom. The Hall–Kier alpha value is -3.55. The van der Waals surface area contributed by atoms with Crippen LogP contribution in [0.3, 0.4) is 0 Å². The number of rotatable bonds is 6. The molecule has 2 aromatic rings. The highest BCUT2D eigenvalue weighted by Crippen LogP contribution is 2.25. The third-order valence-electron chi connectivity index (χ3n) is 4.47. The van der Waals surface area contributed by atoms with Crippen molar-refractivity contribution in [2.24, 2.45) is 15.9 Å². The lowest BCUT2D eigenvalue weighted by atomic mass is 9.96. The first kappa shape index (κ1) is 18.2. The summed E-state index contributed by atoms with van der Waals surface area (Å²) in [6.45, 7) is 1.10. The molecule has 1 aliphatic heterocycles. The molecule has 0 aliphatic carbocycles. The van der Waals surface area contributed by atoms with E-state index in [0.717, 1.165) is 11.1 Å². The van der Waals surface area contributed by atoms with Crippen molar-refractivity contribution in [1.82, 2.24) is 4.98 Å². The van der Waals surface area contributed by atoms with Crippen LogP contribution >= 0.6 is 0 Å². The molecule has 1 aromatic heterocycles. The van der Waals surface area contributed by atoms with Crippen molar-refractivity contribution in [1.29, 1.82) is 5.41 Å². The maximum Gasteiger partial charge on any atom is 0.129 e. The molecule has 0 unspecified atom stereocenters. The quantitative estimate of drug-likeness (QED) is 0.410. The van der Waals surface area contributed by atoms with Gasteiger partial charge in [-0.05, 0) is 29.8 Å². The fourth-order valence-electron chi connectivity index (χ4n) is 2.92. The number of nitrogen functional groups attached to an aromatic ring is 1. The Morgan fingerprint density at radius 3 is 2.74 bits per heavy atom. The van der Waals surface area contributed by atoms with Gasteiger partial charge in [-0.2, -0.15) is 4.91 Å². The van der Waals surface area contributed by atoms with Crippen LogP contribution < -0.4 is 16.4 Å². The lowest BCUT2D eigenvalue weighted by Gasteiger charge is -2.35. The molecule has 1 fully saturated rings. The van der Waals surface area contributed by atoms with Crippen molar-refractivity contribution >= 4 is 29.0 Å². The second-order valence-corrected chi connectivity index (χ2v) is 6.25. The lowest BCUT2D eigenvalue weighted by Crippen LogP contribution is -2.50. The van der Waals surface area contributed by atoms with E-state index in [2.05, 4.69) is 15.2 Å². The molecule has 0 radical (unpaired) electrons. The molecular weight excluding hydrogens is 342 g/mol. The molecule has 0 atom stereocenters. The monoisotopic (exact) mass is 363 g/mol. The minimum absolute atomic E-state index is 0.191. The fraction of sp³-hybridized carbons (Fsp3) is 0.211. The number of pyridine rings is 1. The van der Waals surface area contributed by atoms with Crippen LogP contribution in [0.5, 0.6) is 0 Å². The van der Waals surface area contributed by atoms with Gasteiger partial charge in [0.15, 0.2) is 0 Å². The first-order valence-corrected chi connectivity index (χ1v) is 8.44. The Balaban J connectivity index is 1.91. The highest BCUT2D eigenvalue weighted by Gasteiger charge is 2.28. The molecule has 1 saturated heterocycles. The van der Waals surface area contributed by atoms with E-state index in [4.69, 9.17) is 16.9 Å². The van der Waals surface area contributed by atoms with Crippen LogP contribution in [0.15, 0.2) is 52.9 Å². The molecular formula is C19H21N7O. The van der Waals surface area contributed by atoms with E-state index in [1.165, 1.54) is 6.20 Å². The summed E-state index contributed by atoms with van der Waals surface area (Å²) in [6.07, 6.45) is 4.78. The third-order valence-corrected chi connectivity index (χ3v) is 4.47. The molecule has 2 heterocycles. The SMILES string of the molecule is CN=CC(=CN)c1ccc(N)c(C(=N)c2ccnc(N3CC(N=O)C3)c2)c1. The number of allylic oxidation sites excluding steroid dienone is 1. The van der Waals surface area contributed by atoms with Crippen molar-refractivity contribution in [3.05, 3.63) is 64.3 Å². The van der Waals surface area contributed by atoms with Crippen molar-refractivity contribution in [2.75, 3.05) is 30.8 Å². The van der Waals surface area contributed by atoms with Crippen LogP contribution in [-0.2, 0) is 0 Å². The van der Waals surface area contributed by atoms with Gasteiger partial charge in [0, 0.05) is 61.1 Å². The Kier molecular flexibility index (Phi) is 5.25. The van der Waals surface area contributed by atoms with Gasteiger partial charge in [0.1, 0.15) is 11.9 Å². The molecule has 0 amide bonds. The number of nitrogens with one attached hydrogen (secondary N) is 1. The number of benzene rings is 1. The van der Waals surface area contributed by atoms with Crippen LogP contribution in [-0.4, -0.2) is 43.1 Å². The van der Waals surface area contributed by atoms with Crippen molar-refractivity contribution in [2.45, 2.75) is 6.04 Å². The van der Waals surface area contributed by atoms with Gasteiger partial charge >= 0.3 is 0 Å². The minimum atomic E-state index is -0.191. The highest BCUT2D eigenvalue weighted by atomic mass is 16.3. The van der Waals surface area contributed by atoms with E-state index in [1.54, 1.807) is 31.6 Å². The summed E-state index contributed by atoms with van der Waals surface area (Å²) < 4.78 is 0. The molecule has 8 heteroatoms. The number of hydrogen-bond donors (Lipinski definition) is 3. The summed E-state index contributed by atoms with van der Waals surface area (Å²) in [7, 11) is 1.67. The molecule has 5 N–H and O–H groups in total. The van der Waals surface area contributed by atoms with Gasteiger partial charge in [-0.15, -0.1) is 0 Å². The van der Waals surface area contributed by atoms with Crippen LogP contribution in [0.4, 0.5) is 11.5 Å². The predicted molar refractivity (Wildman–Crippen MR) is 109 cm³/mol. The zero-order chi connectivity index (χ0) is 19.4. The van der Waals surface area contributed by atoms with Gasteiger partial charge in [-0.1, -0.05) is 11.2 Å². The zero-order valence-corrected chi connectivity index (χ0v) is 15.0. The van der Waals surface area contributed by atoms with E-state index in [0.29, 0.717) is 35.7 Å². The van der Waals surface area contributed by atoms with Gasteiger partial charge in [0.05, 0.1) is 5.71 Å². The average Bonchev–Trinajstić information content (AvgIpc) is 2.65. The molecule has 0 saturated carbocycles. The molecule has 138 valence electrons. The normalized spacial score (nSPS) is 15.0. The summed E-state index contributed by atoms with van der Waals surface area (Å²) in [4.78, 5) is 20.8. The third kappa shape index (κ3) is 3.69. The predicted octanol–water partition coefficient (Wildman–Crippen LogP) is 2.04. The summed E-state index contributed by atoms with van der Waals surface area (Å²) in [5, 5.41) is 11.6. The summed E-state index contributed by atoms with van der Waals surface area (Å²) >= 11 is 0. The number of nitroso groups, excluding NO2 is 1. The molecule has 3 rings (SSSR count). The second kappa shape index (κ2) is 7.77. The molecule has 27 heavy (non-hydrogen) atoms. The van der Waals surface area contributed by atoms with Crippen molar-refractivity contribution < 1.29 is 0 Å². The highest BCUT2D eigenvalue weighted by molar-refractivity contribution is 6.16. The number of nitrogens with two attached hydrogens (primary N) is 2. The average molecular weight is 363 g/mol. The Labute approximate surface area is 157 Å². The first-order valence-electron chi connectivity index (χ1n) is 8.44. The first-order chi connectivity index (χ1) is 13.1. The minimum Gasteiger partial charge on any atom is -0.404 e. The maximum absolute atomic E-state index is 10.6. The smallest absolute Gasteiger partial charge is 0.129 e. The fourth-order valence-corrected chi connectivity index (χ4v) is 2.92. The van der Waals surface area contributed by atoms with E-state index >= 15 is 0 Å². The number of aromatic nitrogens is 1. The summed E-state index contributed by atoms with van der Waals surface area (Å²) in [5.74, 6) is 0.715. The van der Waals surface area contributed by atoms with Crippen LogP contribution in [0.1, 0.15) is 16.7 Å². The summed E-state index contributed by atoms with van der Waals surface area (Å²) in [6, 6.07) is 8.82. The standard InChI is InChI=1S/C19H21N7O/c1-23-9-14(8-20)12-2-3-17(21)16(6-12)19(22)13-4-5-24-18(7-13)26-10-15(11-26)25-27/h2-9,15,22H,10-11,20-21H2,1H3.